The van der Waals surface area contributed by atoms with E-state index in [1.54, 1.807) is 6.07 Å². The zero-order chi connectivity index (χ0) is 15.7. The van der Waals surface area contributed by atoms with E-state index in [9.17, 15) is 4.79 Å². The quantitative estimate of drug-likeness (QED) is 0.430. The van der Waals surface area contributed by atoms with Gasteiger partial charge in [0.15, 0.2) is 5.11 Å². The number of methoxy groups -OCH3 is 1. The highest BCUT2D eigenvalue weighted by Gasteiger charge is 2.29. The number of benzene rings is 2. The fourth-order valence-electron chi connectivity index (χ4n) is 2.60. The largest absolute Gasteiger partial charge is 0.465 e. The molecule has 3 rings (SSSR count). The van der Waals surface area contributed by atoms with E-state index >= 15 is 0 Å². The van der Waals surface area contributed by atoms with Crippen LogP contribution in [-0.2, 0) is 4.74 Å². The van der Waals surface area contributed by atoms with Crippen LogP contribution in [0.2, 0.25) is 0 Å². The Balaban J connectivity index is 2.27. The Bertz CT molecular complexity index is 815. The standard InChI is InChI=1S/C16H13N3O2S/c1-21-15(20)12-8-4-7-10-9-5-2-3-6-11(9)14(13(10)12)18-19-16(17)22/h2-8H,1H3,(H3,17,19,22)/b18-14+. The van der Waals surface area contributed by atoms with Crippen molar-refractivity contribution < 1.29 is 9.53 Å². The summed E-state index contributed by atoms with van der Waals surface area (Å²) in [7, 11) is 1.36. The van der Waals surface area contributed by atoms with Crippen molar-refractivity contribution in [2.24, 2.45) is 10.8 Å². The Labute approximate surface area is 132 Å². The lowest BCUT2D eigenvalue weighted by Gasteiger charge is -2.08. The maximum atomic E-state index is 12.1. The van der Waals surface area contributed by atoms with Crippen LogP contribution in [0.5, 0.6) is 0 Å². The van der Waals surface area contributed by atoms with E-state index in [2.05, 4.69) is 10.5 Å². The minimum absolute atomic E-state index is 0.0639. The van der Waals surface area contributed by atoms with Crippen LogP contribution < -0.4 is 11.2 Å². The number of thiocarbonyl (C=S) groups is 1. The molecule has 3 N–H and O–H groups in total. The highest BCUT2D eigenvalue weighted by atomic mass is 32.1. The lowest BCUT2D eigenvalue weighted by Crippen LogP contribution is -2.26. The lowest BCUT2D eigenvalue weighted by molar-refractivity contribution is 0.0600. The van der Waals surface area contributed by atoms with Crippen molar-refractivity contribution in [3.8, 4) is 11.1 Å². The zero-order valence-electron chi connectivity index (χ0n) is 11.8. The minimum atomic E-state index is -0.410. The molecule has 0 bridgehead atoms. The van der Waals surface area contributed by atoms with Gasteiger partial charge in [-0.25, -0.2) is 4.79 Å². The molecule has 0 radical (unpaired) electrons. The van der Waals surface area contributed by atoms with Gasteiger partial charge in [0.2, 0.25) is 0 Å². The fraction of sp³-hybridized carbons (Fsp3) is 0.0625. The summed E-state index contributed by atoms with van der Waals surface area (Å²) in [4.78, 5) is 12.1. The molecule has 0 aromatic heterocycles. The Kier molecular flexibility index (Phi) is 3.60. The number of carbonyl (C=O) groups excluding carboxylic acids is 1. The van der Waals surface area contributed by atoms with Gasteiger partial charge in [-0.2, -0.15) is 5.10 Å². The van der Waals surface area contributed by atoms with E-state index in [0.717, 1.165) is 22.3 Å². The minimum Gasteiger partial charge on any atom is -0.465 e. The highest BCUT2D eigenvalue weighted by molar-refractivity contribution is 7.80. The van der Waals surface area contributed by atoms with Crippen LogP contribution in [0.25, 0.3) is 11.1 Å². The topological polar surface area (TPSA) is 76.7 Å². The summed E-state index contributed by atoms with van der Waals surface area (Å²) in [6.45, 7) is 0. The predicted octanol–water partition coefficient (Wildman–Crippen LogP) is 2.04. The molecule has 2 aromatic carbocycles. The third-order valence-corrected chi connectivity index (χ3v) is 3.55. The number of hydrazone groups is 1. The van der Waals surface area contributed by atoms with E-state index < -0.39 is 5.97 Å². The predicted molar refractivity (Wildman–Crippen MR) is 88.8 cm³/mol. The van der Waals surface area contributed by atoms with Crippen molar-refractivity contribution in [2.75, 3.05) is 7.11 Å². The molecular weight excluding hydrogens is 298 g/mol. The van der Waals surface area contributed by atoms with Gasteiger partial charge >= 0.3 is 5.97 Å². The molecule has 6 heteroatoms. The van der Waals surface area contributed by atoms with Gasteiger partial charge in [0.25, 0.3) is 0 Å². The maximum Gasteiger partial charge on any atom is 0.338 e. The van der Waals surface area contributed by atoms with Gasteiger partial charge < -0.3 is 10.5 Å². The Morgan fingerprint density at radius 1 is 1.14 bits per heavy atom. The van der Waals surface area contributed by atoms with Crippen molar-refractivity contribution in [1.29, 1.82) is 0 Å². The molecule has 0 spiro atoms. The number of fused-ring (bicyclic) bond motifs is 3. The second-order valence-corrected chi connectivity index (χ2v) is 5.14. The van der Waals surface area contributed by atoms with E-state index in [-0.39, 0.29) is 5.11 Å². The molecular formula is C16H13N3O2S. The molecule has 22 heavy (non-hydrogen) atoms. The molecule has 0 amide bonds. The van der Waals surface area contributed by atoms with Crippen molar-refractivity contribution >= 4 is 29.0 Å². The molecule has 5 nitrogen and oxygen atoms in total. The van der Waals surface area contributed by atoms with Crippen LogP contribution in [0.1, 0.15) is 21.5 Å². The van der Waals surface area contributed by atoms with Crippen molar-refractivity contribution in [1.82, 2.24) is 5.43 Å². The molecule has 1 aliphatic rings. The van der Waals surface area contributed by atoms with Gasteiger partial charge in [0.1, 0.15) is 0 Å². The lowest BCUT2D eigenvalue weighted by atomic mass is 10.0. The molecule has 2 aromatic rings. The van der Waals surface area contributed by atoms with Gasteiger partial charge in [0, 0.05) is 11.1 Å². The number of esters is 1. The molecule has 0 saturated carbocycles. The normalized spacial score (nSPS) is 13.4. The number of hydrogen-bond acceptors (Lipinski definition) is 4. The fourth-order valence-corrected chi connectivity index (χ4v) is 2.64. The summed E-state index contributed by atoms with van der Waals surface area (Å²) in [5.74, 6) is -0.410. The number of nitrogens with two attached hydrogens (primary N) is 1. The third-order valence-electron chi connectivity index (χ3n) is 3.46. The van der Waals surface area contributed by atoms with Crippen LogP contribution >= 0.6 is 12.2 Å². The Morgan fingerprint density at radius 3 is 2.50 bits per heavy atom. The summed E-state index contributed by atoms with van der Waals surface area (Å²) in [6.07, 6.45) is 0. The van der Waals surface area contributed by atoms with Crippen molar-refractivity contribution in [3.05, 3.63) is 59.2 Å². The second kappa shape index (κ2) is 5.57. The first kappa shape index (κ1) is 14.2. The molecule has 110 valence electrons. The van der Waals surface area contributed by atoms with Gasteiger partial charge in [-0.1, -0.05) is 36.4 Å². The Hall–Kier alpha value is -2.73. The van der Waals surface area contributed by atoms with Crippen molar-refractivity contribution in [3.63, 3.8) is 0 Å². The molecule has 1 aliphatic carbocycles. The van der Waals surface area contributed by atoms with Crippen molar-refractivity contribution in [2.45, 2.75) is 0 Å². The van der Waals surface area contributed by atoms with Crippen LogP contribution in [0.4, 0.5) is 0 Å². The van der Waals surface area contributed by atoms with Crippen LogP contribution in [-0.4, -0.2) is 23.9 Å². The smallest absolute Gasteiger partial charge is 0.338 e. The average Bonchev–Trinajstić information content (AvgIpc) is 2.86. The third kappa shape index (κ3) is 2.23. The van der Waals surface area contributed by atoms with Gasteiger partial charge in [0.05, 0.1) is 18.4 Å². The summed E-state index contributed by atoms with van der Waals surface area (Å²) in [5.41, 5.74) is 12.7. The summed E-state index contributed by atoms with van der Waals surface area (Å²) in [5, 5.41) is 4.34. The van der Waals surface area contributed by atoms with E-state index in [1.807, 2.05) is 36.4 Å². The molecule has 0 aliphatic heterocycles. The van der Waals surface area contributed by atoms with Crippen LogP contribution in [0.3, 0.4) is 0 Å². The number of rotatable bonds is 2. The first-order valence-electron chi connectivity index (χ1n) is 6.58. The van der Waals surface area contributed by atoms with Gasteiger partial charge in [-0.3, -0.25) is 5.43 Å². The van der Waals surface area contributed by atoms with E-state index in [0.29, 0.717) is 11.3 Å². The SMILES string of the molecule is COC(=O)c1cccc2c1/C(=N/NC(N)=S)c1ccccc1-2. The zero-order valence-corrected chi connectivity index (χ0v) is 12.6. The van der Waals surface area contributed by atoms with Crippen LogP contribution in [0, 0.1) is 0 Å². The average molecular weight is 311 g/mol. The monoisotopic (exact) mass is 311 g/mol. The first-order chi connectivity index (χ1) is 10.6. The second-order valence-electron chi connectivity index (χ2n) is 4.70. The highest BCUT2D eigenvalue weighted by Crippen LogP contribution is 2.38. The first-order valence-corrected chi connectivity index (χ1v) is 6.99. The van der Waals surface area contributed by atoms with Gasteiger partial charge in [-0.15, -0.1) is 0 Å². The number of carbonyl (C=O) groups is 1. The summed E-state index contributed by atoms with van der Waals surface area (Å²) >= 11 is 4.80. The molecule has 0 fully saturated rings. The Morgan fingerprint density at radius 2 is 1.82 bits per heavy atom. The molecule has 0 saturated heterocycles. The summed E-state index contributed by atoms with van der Waals surface area (Å²) in [6, 6.07) is 13.3. The number of ether oxygens (including phenoxy) is 1. The van der Waals surface area contributed by atoms with E-state index in [4.69, 9.17) is 22.7 Å². The van der Waals surface area contributed by atoms with E-state index in [1.165, 1.54) is 7.11 Å². The number of nitrogens with zero attached hydrogens (tertiary/aromatic N) is 1. The molecule has 0 unspecified atom stereocenters. The summed E-state index contributed by atoms with van der Waals surface area (Å²) < 4.78 is 4.87. The number of hydrogen-bond donors (Lipinski definition) is 2. The maximum absolute atomic E-state index is 12.1. The van der Waals surface area contributed by atoms with Crippen LogP contribution in [0.15, 0.2) is 47.6 Å². The molecule has 0 atom stereocenters. The number of nitrogens with one attached hydrogen (secondary N) is 1. The van der Waals surface area contributed by atoms with Gasteiger partial charge in [-0.05, 0) is 29.4 Å². The molecule has 0 heterocycles.